The Balaban J connectivity index is 1.56. The van der Waals surface area contributed by atoms with Crippen molar-refractivity contribution in [1.82, 2.24) is 10.3 Å². The lowest BCUT2D eigenvalue weighted by molar-refractivity contribution is 0.0953. The summed E-state index contributed by atoms with van der Waals surface area (Å²) in [4.78, 5) is 16.6. The zero-order valence-corrected chi connectivity index (χ0v) is 16.0. The van der Waals surface area contributed by atoms with E-state index in [4.69, 9.17) is 11.6 Å². The number of hydrogen-bond acceptors (Lipinski definition) is 3. The molecular formula is C22H22ClN3O. The number of nitrogens with zero attached hydrogens (tertiary/aromatic N) is 1. The summed E-state index contributed by atoms with van der Waals surface area (Å²) in [6, 6.07) is 17.7. The first kappa shape index (κ1) is 18.9. The van der Waals surface area contributed by atoms with Gasteiger partial charge < -0.3 is 10.6 Å². The lowest BCUT2D eigenvalue weighted by atomic mass is 10.1. The van der Waals surface area contributed by atoms with E-state index >= 15 is 0 Å². The highest BCUT2D eigenvalue weighted by atomic mass is 35.5. The van der Waals surface area contributed by atoms with Gasteiger partial charge in [0.1, 0.15) is 0 Å². The van der Waals surface area contributed by atoms with E-state index in [-0.39, 0.29) is 5.91 Å². The molecular weight excluding hydrogens is 358 g/mol. The van der Waals surface area contributed by atoms with E-state index in [9.17, 15) is 4.79 Å². The summed E-state index contributed by atoms with van der Waals surface area (Å²) in [7, 11) is 0. The van der Waals surface area contributed by atoms with Gasteiger partial charge in [-0.05, 0) is 49.1 Å². The molecule has 27 heavy (non-hydrogen) atoms. The van der Waals surface area contributed by atoms with Crippen molar-refractivity contribution < 1.29 is 4.79 Å². The number of amides is 1. The van der Waals surface area contributed by atoms with Gasteiger partial charge in [-0.15, -0.1) is 0 Å². The van der Waals surface area contributed by atoms with Crippen LogP contribution >= 0.6 is 11.6 Å². The number of hydrogen-bond donors (Lipinski definition) is 2. The normalized spacial score (nSPS) is 10.4. The van der Waals surface area contributed by atoms with Crippen molar-refractivity contribution in [2.45, 2.75) is 19.8 Å². The standard InChI is InChI=1S/C22H22ClN3O/c1-16-9-10-19(23)13-21(16)26-20-12-18(14-24-15-20)22(27)25-11-5-8-17-6-3-2-4-7-17/h2-4,6-7,9-10,12-15,26H,5,8,11H2,1H3,(H,25,27). The SMILES string of the molecule is Cc1ccc(Cl)cc1Nc1cncc(C(=O)NCCCc2ccccc2)c1. The van der Waals surface area contributed by atoms with Crippen molar-refractivity contribution in [2.75, 3.05) is 11.9 Å². The number of carbonyl (C=O) groups is 1. The van der Waals surface area contributed by atoms with Gasteiger partial charge in [0.25, 0.3) is 5.91 Å². The number of benzene rings is 2. The quantitative estimate of drug-likeness (QED) is 0.558. The fraction of sp³-hybridized carbons (Fsp3) is 0.182. The number of aryl methyl sites for hydroxylation is 2. The Morgan fingerprint density at radius 3 is 2.70 bits per heavy atom. The van der Waals surface area contributed by atoms with Crippen LogP contribution in [0.5, 0.6) is 0 Å². The average molecular weight is 380 g/mol. The van der Waals surface area contributed by atoms with E-state index < -0.39 is 0 Å². The predicted molar refractivity (Wildman–Crippen MR) is 111 cm³/mol. The highest BCUT2D eigenvalue weighted by Crippen LogP contribution is 2.24. The fourth-order valence-electron chi connectivity index (χ4n) is 2.76. The van der Waals surface area contributed by atoms with E-state index in [2.05, 4.69) is 27.8 Å². The smallest absolute Gasteiger partial charge is 0.252 e. The molecule has 2 aromatic carbocycles. The molecule has 1 heterocycles. The van der Waals surface area contributed by atoms with E-state index in [1.165, 1.54) is 5.56 Å². The molecule has 0 saturated heterocycles. The Morgan fingerprint density at radius 2 is 1.89 bits per heavy atom. The van der Waals surface area contributed by atoms with Crippen LogP contribution in [0.3, 0.4) is 0 Å². The van der Waals surface area contributed by atoms with Gasteiger partial charge in [-0.2, -0.15) is 0 Å². The van der Waals surface area contributed by atoms with Crippen LogP contribution in [0.4, 0.5) is 11.4 Å². The van der Waals surface area contributed by atoms with E-state index in [1.807, 2.05) is 43.3 Å². The van der Waals surface area contributed by atoms with Crippen LogP contribution < -0.4 is 10.6 Å². The molecule has 4 nitrogen and oxygen atoms in total. The highest BCUT2D eigenvalue weighted by Gasteiger charge is 2.08. The maximum atomic E-state index is 12.4. The van der Waals surface area contributed by atoms with Gasteiger partial charge in [-0.25, -0.2) is 0 Å². The summed E-state index contributed by atoms with van der Waals surface area (Å²) in [5.41, 5.74) is 4.51. The Bertz CT molecular complexity index is 912. The molecule has 0 fully saturated rings. The van der Waals surface area contributed by atoms with Crippen LogP contribution in [0.25, 0.3) is 0 Å². The molecule has 0 aliphatic rings. The monoisotopic (exact) mass is 379 g/mol. The second kappa shape index (κ2) is 9.19. The molecule has 0 radical (unpaired) electrons. The van der Waals surface area contributed by atoms with Gasteiger partial charge in [-0.1, -0.05) is 48.0 Å². The minimum Gasteiger partial charge on any atom is -0.354 e. The van der Waals surface area contributed by atoms with E-state index in [0.717, 1.165) is 29.8 Å². The van der Waals surface area contributed by atoms with Gasteiger partial charge >= 0.3 is 0 Å². The van der Waals surface area contributed by atoms with Gasteiger partial charge in [-0.3, -0.25) is 9.78 Å². The van der Waals surface area contributed by atoms with E-state index in [0.29, 0.717) is 17.1 Å². The Kier molecular flexibility index (Phi) is 6.44. The lowest BCUT2D eigenvalue weighted by Gasteiger charge is -2.11. The predicted octanol–water partition coefficient (Wildman–Crippen LogP) is 5.15. The number of pyridine rings is 1. The van der Waals surface area contributed by atoms with Crippen LogP contribution in [-0.2, 0) is 6.42 Å². The van der Waals surface area contributed by atoms with Gasteiger partial charge in [0, 0.05) is 23.5 Å². The maximum Gasteiger partial charge on any atom is 0.252 e. The third-order valence-corrected chi connectivity index (χ3v) is 4.48. The summed E-state index contributed by atoms with van der Waals surface area (Å²) in [5.74, 6) is -0.123. The molecule has 2 N–H and O–H groups in total. The summed E-state index contributed by atoms with van der Waals surface area (Å²) in [6.07, 6.45) is 5.09. The second-order valence-electron chi connectivity index (χ2n) is 6.39. The molecule has 1 aromatic heterocycles. The van der Waals surface area contributed by atoms with Crippen LogP contribution in [0.2, 0.25) is 5.02 Å². The van der Waals surface area contributed by atoms with Gasteiger partial charge in [0.15, 0.2) is 0 Å². The van der Waals surface area contributed by atoms with Crippen molar-refractivity contribution in [1.29, 1.82) is 0 Å². The molecule has 3 rings (SSSR count). The molecule has 0 saturated carbocycles. The molecule has 5 heteroatoms. The Labute approximate surface area is 164 Å². The molecule has 0 unspecified atom stereocenters. The number of nitrogens with one attached hydrogen (secondary N) is 2. The summed E-state index contributed by atoms with van der Waals surface area (Å²) < 4.78 is 0. The molecule has 0 bridgehead atoms. The molecule has 0 spiro atoms. The summed E-state index contributed by atoms with van der Waals surface area (Å²) in [5, 5.41) is 6.88. The number of rotatable bonds is 7. The third kappa shape index (κ3) is 5.56. The Hall–Kier alpha value is -2.85. The second-order valence-corrected chi connectivity index (χ2v) is 6.83. The molecule has 0 aliphatic heterocycles. The minimum atomic E-state index is -0.123. The topological polar surface area (TPSA) is 54.0 Å². The van der Waals surface area contributed by atoms with Crippen LogP contribution in [0.1, 0.15) is 27.9 Å². The zero-order chi connectivity index (χ0) is 19.1. The first-order valence-corrected chi connectivity index (χ1v) is 9.30. The highest BCUT2D eigenvalue weighted by molar-refractivity contribution is 6.30. The van der Waals surface area contributed by atoms with Crippen molar-refractivity contribution in [2.24, 2.45) is 0 Å². The van der Waals surface area contributed by atoms with Crippen LogP contribution in [-0.4, -0.2) is 17.4 Å². The Morgan fingerprint density at radius 1 is 1.07 bits per heavy atom. The van der Waals surface area contributed by atoms with Crippen molar-refractivity contribution in [3.05, 3.63) is 88.7 Å². The molecule has 138 valence electrons. The van der Waals surface area contributed by atoms with Gasteiger partial charge in [0.2, 0.25) is 0 Å². The summed E-state index contributed by atoms with van der Waals surface area (Å²) >= 11 is 6.06. The maximum absolute atomic E-state index is 12.4. The fourth-order valence-corrected chi connectivity index (χ4v) is 2.93. The summed E-state index contributed by atoms with van der Waals surface area (Å²) in [6.45, 7) is 2.62. The van der Waals surface area contributed by atoms with Crippen molar-refractivity contribution in [3.8, 4) is 0 Å². The van der Waals surface area contributed by atoms with Gasteiger partial charge in [0.05, 0.1) is 17.4 Å². The molecule has 3 aromatic rings. The largest absolute Gasteiger partial charge is 0.354 e. The lowest BCUT2D eigenvalue weighted by Crippen LogP contribution is -2.25. The third-order valence-electron chi connectivity index (χ3n) is 4.25. The molecule has 1 amide bonds. The molecule has 0 atom stereocenters. The minimum absolute atomic E-state index is 0.123. The van der Waals surface area contributed by atoms with E-state index in [1.54, 1.807) is 18.5 Å². The number of carbonyl (C=O) groups excluding carboxylic acids is 1. The van der Waals surface area contributed by atoms with Crippen LogP contribution in [0.15, 0.2) is 67.0 Å². The zero-order valence-electron chi connectivity index (χ0n) is 15.2. The van der Waals surface area contributed by atoms with Crippen LogP contribution in [0, 0.1) is 6.92 Å². The molecule has 0 aliphatic carbocycles. The number of halogens is 1. The first-order chi connectivity index (χ1) is 13.1. The first-order valence-electron chi connectivity index (χ1n) is 8.92. The number of anilines is 2. The average Bonchev–Trinajstić information content (AvgIpc) is 2.69. The number of aromatic nitrogens is 1. The van der Waals surface area contributed by atoms with Crippen molar-refractivity contribution in [3.63, 3.8) is 0 Å². The van der Waals surface area contributed by atoms with Crippen molar-refractivity contribution >= 4 is 28.9 Å².